The number of nitrogens with two attached hydrogens (primary N) is 1. The maximum absolute atomic E-state index is 6.14. The minimum absolute atomic E-state index is 0.418. The van der Waals surface area contributed by atoms with Gasteiger partial charge in [0.15, 0.2) is 5.82 Å². The molecule has 0 aromatic carbocycles. The van der Waals surface area contributed by atoms with Crippen molar-refractivity contribution in [3.63, 3.8) is 0 Å². The van der Waals surface area contributed by atoms with E-state index in [4.69, 9.17) is 15.2 Å². The highest BCUT2D eigenvalue weighted by atomic mass is 16.5. The van der Waals surface area contributed by atoms with Gasteiger partial charge in [-0.3, -0.25) is 0 Å². The smallest absolute Gasteiger partial charge is 0.242 e. The van der Waals surface area contributed by atoms with Crippen molar-refractivity contribution in [1.29, 1.82) is 0 Å². The van der Waals surface area contributed by atoms with Gasteiger partial charge in [0.1, 0.15) is 11.5 Å². The molecule has 6 nitrogen and oxygen atoms in total. The highest BCUT2D eigenvalue weighted by Crippen LogP contribution is 2.27. The zero-order valence-corrected chi connectivity index (χ0v) is 14.5. The Bertz CT molecular complexity index is 450. The normalized spacial score (nSPS) is 11.2. The number of methoxy groups -OCH3 is 1. The highest BCUT2D eigenvalue weighted by Gasteiger charge is 2.14. The molecule has 6 heteroatoms. The summed E-state index contributed by atoms with van der Waals surface area (Å²) in [6.07, 6.45) is 1.69. The van der Waals surface area contributed by atoms with E-state index in [9.17, 15) is 0 Å². The summed E-state index contributed by atoms with van der Waals surface area (Å²) in [5.41, 5.74) is 6.62. The molecule has 1 heterocycles. The van der Waals surface area contributed by atoms with Crippen LogP contribution in [0.25, 0.3) is 0 Å². The lowest BCUT2D eigenvalue weighted by Crippen LogP contribution is -2.15. The lowest BCUT2D eigenvalue weighted by atomic mass is 10.1. The minimum atomic E-state index is 0.418. The molecule has 0 fully saturated rings. The minimum Gasteiger partial charge on any atom is -0.476 e. The summed E-state index contributed by atoms with van der Waals surface area (Å²) in [5.74, 6) is 2.79. The van der Waals surface area contributed by atoms with E-state index in [1.54, 1.807) is 7.11 Å². The molecule has 0 saturated carbocycles. The number of nitrogens with one attached hydrogen (secondary N) is 1. The number of hydrogen-bond donors (Lipinski definition) is 2. The standard InChI is InChI=1S/C16H30N4O2/c1-11(2)9-13-19-15(18-7-6-8-21-5)14(17)16(20-13)22-10-12(3)4/h11-12H,6-10,17H2,1-5H3,(H,18,19,20). The van der Waals surface area contributed by atoms with Gasteiger partial charge in [0.05, 0.1) is 6.61 Å². The number of anilines is 2. The molecule has 0 saturated heterocycles. The van der Waals surface area contributed by atoms with E-state index in [0.717, 1.165) is 25.2 Å². The second kappa shape index (κ2) is 9.46. The Morgan fingerprint density at radius 3 is 2.45 bits per heavy atom. The van der Waals surface area contributed by atoms with Crippen LogP contribution in [0.5, 0.6) is 5.88 Å². The van der Waals surface area contributed by atoms with Gasteiger partial charge in [-0.1, -0.05) is 27.7 Å². The van der Waals surface area contributed by atoms with Gasteiger partial charge in [0.2, 0.25) is 5.88 Å². The maximum atomic E-state index is 6.14. The number of rotatable bonds is 10. The number of aromatic nitrogens is 2. The van der Waals surface area contributed by atoms with Crippen molar-refractivity contribution in [3.8, 4) is 5.88 Å². The van der Waals surface area contributed by atoms with Crippen molar-refractivity contribution in [2.24, 2.45) is 11.8 Å². The molecule has 0 amide bonds. The van der Waals surface area contributed by atoms with Crippen LogP contribution in [-0.2, 0) is 11.2 Å². The average molecular weight is 310 g/mol. The summed E-state index contributed by atoms with van der Waals surface area (Å²) >= 11 is 0. The lowest BCUT2D eigenvalue weighted by molar-refractivity contribution is 0.197. The van der Waals surface area contributed by atoms with E-state index < -0.39 is 0 Å². The SMILES string of the molecule is COCCCNc1nc(CC(C)C)nc(OCC(C)C)c1N. The van der Waals surface area contributed by atoms with E-state index in [-0.39, 0.29) is 0 Å². The maximum Gasteiger partial charge on any atom is 0.242 e. The fourth-order valence-electron chi connectivity index (χ4n) is 1.86. The predicted molar refractivity (Wildman–Crippen MR) is 90.3 cm³/mol. The van der Waals surface area contributed by atoms with Crippen LogP contribution in [0.15, 0.2) is 0 Å². The molecule has 22 heavy (non-hydrogen) atoms. The Labute approximate surface area is 133 Å². The molecule has 1 aromatic rings. The number of ether oxygens (including phenoxy) is 2. The van der Waals surface area contributed by atoms with Gasteiger partial charge in [0, 0.05) is 26.7 Å². The Morgan fingerprint density at radius 2 is 1.86 bits per heavy atom. The third-order valence-corrected chi connectivity index (χ3v) is 2.92. The zero-order chi connectivity index (χ0) is 16.5. The summed E-state index contributed by atoms with van der Waals surface area (Å²) in [6, 6.07) is 0. The van der Waals surface area contributed by atoms with Crippen molar-refractivity contribution < 1.29 is 9.47 Å². The molecule has 1 aromatic heterocycles. The first-order valence-electron chi connectivity index (χ1n) is 7.96. The van der Waals surface area contributed by atoms with Gasteiger partial charge in [-0.25, -0.2) is 4.98 Å². The Hall–Kier alpha value is -1.56. The number of hydrogen-bond acceptors (Lipinski definition) is 6. The van der Waals surface area contributed by atoms with Gasteiger partial charge in [-0.15, -0.1) is 0 Å². The molecule has 126 valence electrons. The van der Waals surface area contributed by atoms with E-state index >= 15 is 0 Å². The van der Waals surface area contributed by atoms with Gasteiger partial charge in [0.25, 0.3) is 0 Å². The fourth-order valence-corrected chi connectivity index (χ4v) is 1.86. The molecular formula is C16H30N4O2. The fraction of sp³-hybridized carbons (Fsp3) is 0.750. The number of nitrogens with zero attached hydrogens (tertiary/aromatic N) is 2. The molecule has 3 N–H and O–H groups in total. The molecule has 0 aliphatic rings. The van der Waals surface area contributed by atoms with Gasteiger partial charge < -0.3 is 20.5 Å². The summed E-state index contributed by atoms with van der Waals surface area (Å²) in [6.45, 7) is 10.5. The van der Waals surface area contributed by atoms with Crippen LogP contribution >= 0.6 is 0 Å². The van der Waals surface area contributed by atoms with Gasteiger partial charge >= 0.3 is 0 Å². The van der Waals surface area contributed by atoms with Crippen LogP contribution in [0, 0.1) is 11.8 Å². The van der Waals surface area contributed by atoms with Crippen molar-refractivity contribution >= 4 is 11.5 Å². The van der Waals surface area contributed by atoms with Crippen LogP contribution in [0.1, 0.15) is 39.9 Å². The molecule has 0 atom stereocenters. The first-order valence-corrected chi connectivity index (χ1v) is 7.96. The van der Waals surface area contributed by atoms with Crippen molar-refractivity contribution in [3.05, 3.63) is 5.82 Å². The predicted octanol–water partition coefficient (Wildman–Crippen LogP) is 2.74. The molecule has 0 spiro atoms. The van der Waals surface area contributed by atoms with Crippen LogP contribution in [0.2, 0.25) is 0 Å². The van der Waals surface area contributed by atoms with E-state index in [1.165, 1.54) is 0 Å². The van der Waals surface area contributed by atoms with Crippen LogP contribution in [-0.4, -0.2) is 36.8 Å². The first kappa shape index (κ1) is 18.5. The largest absolute Gasteiger partial charge is 0.476 e. The summed E-state index contributed by atoms with van der Waals surface area (Å²) in [5, 5.41) is 3.25. The molecule has 0 radical (unpaired) electrons. The molecular weight excluding hydrogens is 280 g/mol. The third-order valence-electron chi connectivity index (χ3n) is 2.92. The quantitative estimate of drug-likeness (QED) is 0.647. The van der Waals surface area contributed by atoms with Crippen molar-refractivity contribution in [2.45, 2.75) is 40.5 Å². The van der Waals surface area contributed by atoms with E-state index in [1.807, 2.05) is 0 Å². The third kappa shape index (κ3) is 6.47. The summed E-state index contributed by atoms with van der Waals surface area (Å²) in [7, 11) is 1.69. The second-order valence-electron chi connectivity index (χ2n) is 6.28. The Morgan fingerprint density at radius 1 is 1.14 bits per heavy atom. The molecule has 0 aliphatic carbocycles. The van der Waals surface area contributed by atoms with Crippen LogP contribution < -0.4 is 15.8 Å². The van der Waals surface area contributed by atoms with E-state index in [0.29, 0.717) is 42.4 Å². The first-order chi connectivity index (χ1) is 10.4. The summed E-state index contributed by atoms with van der Waals surface area (Å²) in [4.78, 5) is 9.00. The molecule has 0 aliphatic heterocycles. The number of nitrogen functional groups attached to an aromatic ring is 1. The lowest BCUT2D eigenvalue weighted by Gasteiger charge is -2.15. The monoisotopic (exact) mass is 310 g/mol. The Kier molecular flexibility index (Phi) is 7.95. The van der Waals surface area contributed by atoms with E-state index in [2.05, 4.69) is 43.0 Å². The van der Waals surface area contributed by atoms with Crippen molar-refractivity contribution in [1.82, 2.24) is 9.97 Å². The molecule has 0 unspecified atom stereocenters. The zero-order valence-electron chi connectivity index (χ0n) is 14.5. The van der Waals surface area contributed by atoms with Crippen LogP contribution in [0.3, 0.4) is 0 Å². The van der Waals surface area contributed by atoms with Gasteiger partial charge in [-0.05, 0) is 18.3 Å². The Balaban J connectivity index is 2.88. The topological polar surface area (TPSA) is 82.3 Å². The highest BCUT2D eigenvalue weighted by molar-refractivity contribution is 5.66. The van der Waals surface area contributed by atoms with Crippen LogP contribution in [0.4, 0.5) is 11.5 Å². The van der Waals surface area contributed by atoms with Gasteiger partial charge in [-0.2, -0.15) is 4.98 Å². The molecule has 0 bridgehead atoms. The average Bonchev–Trinajstić information content (AvgIpc) is 2.44. The molecule has 1 rings (SSSR count). The summed E-state index contributed by atoms with van der Waals surface area (Å²) < 4.78 is 10.8. The second-order valence-corrected chi connectivity index (χ2v) is 6.28. The van der Waals surface area contributed by atoms with Crippen molar-refractivity contribution in [2.75, 3.05) is 37.9 Å².